The van der Waals surface area contributed by atoms with Gasteiger partial charge in [0, 0.05) is 24.0 Å². The first-order valence-electron chi connectivity index (χ1n) is 6.14. The highest BCUT2D eigenvalue weighted by molar-refractivity contribution is 5.95. The summed E-state index contributed by atoms with van der Waals surface area (Å²) in [6.45, 7) is 5.01. The molecule has 2 unspecified atom stereocenters. The molecule has 1 aromatic heterocycles. The van der Waals surface area contributed by atoms with Crippen LogP contribution in [0.5, 0.6) is 0 Å². The Kier molecular flexibility index (Phi) is 3.74. The molecule has 2 rings (SSSR count). The van der Waals surface area contributed by atoms with E-state index in [1.54, 1.807) is 12.3 Å². The minimum atomic E-state index is -0.0175. The SMILES string of the molecule is Cc1ncccc1C(=O)NC1CCCNC1C. The van der Waals surface area contributed by atoms with Gasteiger partial charge in [-0.2, -0.15) is 0 Å². The van der Waals surface area contributed by atoms with Crippen LogP contribution in [0.1, 0.15) is 35.8 Å². The van der Waals surface area contributed by atoms with Gasteiger partial charge in [-0.1, -0.05) is 0 Å². The van der Waals surface area contributed by atoms with E-state index >= 15 is 0 Å². The first kappa shape index (κ1) is 12.0. The fraction of sp³-hybridized carbons (Fsp3) is 0.538. The number of aryl methyl sites for hydroxylation is 1. The van der Waals surface area contributed by atoms with E-state index in [-0.39, 0.29) is 11.9 Å². The van der Waals surface area contributed by atoms with Crippen LogP contribution in [0.3, 0.4) is 0 Å². The molecular formula is C13H19N3O. The summed E-state index contributed by atoms with van der Waals surface area (Å²) in [6, 6.07) is 4.17. The summed E-state index contributed by atoms with van der Waals surface area (Å²) in [5.74, 6) is -0.0175. The Balaban J connectivity index is 2.04. The second kappa shape index (κ2) is 5.27. The highest BCUT2D eigenvalue weighted by Crippen LogP contribution is 2.10. The van der Waals surface area contributed by atoms with Gasteiger partial charge in [0.1, 0.15) is 0 Å². The van der Waals surface area contributed by atoms with E-state index in [4.69, 9.17) is 0 Å². The zero-order chi connectivity index (χ0) is 12.3. The average molecular weight is 233 g/mol. The van der Waals surface area contributed by atoms with Crippen LogP contribution < -0.4 is 10.6 Å². The Morgan fingerprint density at radius 2 is 2.41 bits per heavy atom. The first-order chi connectivity index (χ1) is 8.18. The molecule has 0 bridgehead atoms. The molecule has 0 aromatic carbocycles. The van der Waals surface area contributed by atoms with Crippen LogP contribution >= 0.6 is 0 Å². The van der Waals surface area contributed by atoms with Crippen molar-refractivity contribution in [1.29, 1.82) is 0 Å². The third-order valence-electron chi connectivity index (χ3n) is 3.33. The van der Waals surface area contributed by atoms with E-state index in [1.165, 1.54) is 0 Å². The van der Waals surface area contributed by atoms with Crippen molar-refractivity contribution in [2.45, 2.75) is 38.8 Å². The molecule has 4 heteroatoms. The molecule has 17 heavy (non-hydrogen) atoms. The number of aromatic nitrogens is 1. The summed E-state index contributed by atoms with van der Waals surface area (Å²) in [7, 11) is 0. The summed E-state index contributed by atoms with van der Waals surface area (Å²) in [4.78, 5) is 16.2. The van der Waals surface area contributed by atoms with Gasteiger partial charge in [-0.25, -0.2) is 0 Å². The molecular weight excluding hydrogens is 214 g/mol. The molecule has 1 aliphatic heterocycles. The highest BCUT2D eigenvalue weighted by atomic mass is 16.1. The van der Waals surface area contributed by atoms with Crippen LogP contribution in [0.25, 0.3) is 0 Å². The van der Waals surface area contributed by atoms with Crippen LogP contribution in [0.4, 0.5) is 0 Å². The summed E-state index contributed by atoms with van der Waals surface area (Å²) >= 11 is 0. The number of nitrogens with one attached hydrogen (secondary N) is 2. The molecule has 2 N–H and O–H groups in total. The van der Waals surface area contributed by atoms with E-state index < -0.39 is 0 Å². The second-order valence-electron chi connectivity index (χ2n) is 4.60. The molecule has 1 aliphatic rings. The van der Waals surface area contributed by atoms with Crippen LogP contribution in [0, 0.1) is 6.92 Å². The summed E-state index contributed by atoms with van der Waals surface area (Å²) < 4.78 is 0. The number of amides is 1. The number of rotatable bonds is 2. The van der Waals surface area contributed by atoms with Gasteiger partial charge in [-0.3, -0.25) is 9.78 Å². The van der Waals surface area contributed by atoms with Gasteiger partial charge in [-0.05, 0) is 45.4 Å². The Morgan fingerprint density at radius 1 is 1.59 bits per heavy atom. The normalized spacial score (nSPS) is 24.4. The summed E-state index contributed by atoms with van der Waals surface area (Å²) in [6.07, 6.45) is 3.86. The number of piperidine rings is 1. The molecule has 0 spiro atoms. The number of carbonyl (C=O) groups excluding carboxylic acids is 1. The summed E-state index contributed by atoms with van der Waals surface area (Å²) in [5, 5.41) is 6.46. The number of carbonyl (C=O) groups is 1. The van der Waals surface area contributed by atoms with Crippen molar-refractivity contribution in [3.05, 3.63) is 29.6 Å². The van der Waals surface area contributed by atoms with E-state index in [1.807, 2.05) is 13.0 Å². The minimum absolute atomic E-state index is 0.0175. The molecule has 1 aromatic rings. The maximum atomic E-state index is 12.1. The van der Waals surface area contributed by atoms with Crippen molar-refractivity contribution in [2.24, 2.45) is 0 Å². The summed E-state index contributed by atoms with van der Waals surface area (Å²) in [5.41, 5.74) is 1.45. The van der Waals surface area contributed by atoms with Gasteiger partial charge in [0.15, 0.2) is 0 Å². The molecule has 0 radical (unpaired) electrons. The fourth-order valence-electron chi connectivity index (χ4n) is 2.21. The predicted molar refractivity (Wildman–Crippen MR) is 66.9 cm³/mol. The van der Waals surface area contributed by atoms with Gasteiger partial charge in [-0.15, -0.1) is 0 Å². The van der Waals surface area contributed by atoms with Crippen LogP contribution in [-0.2, 0) is 0 Å². The Bertz CT molecular complexity index is 405. The maximum absolute atomic E-state index is 12.1. The monoisotopic (exact) mass is 233 g/mol. The predicted octanol–water partition coefficient (Wildman–Crippen LogP) is 1.26. The third kappa shape index (κ3) is 2.82. The molecule has 0 aliphatic carbocycles. The van der Waals surface area contributed by atoms with Gasteiger partial charge in [0.25, 0.3) is 5.91 Å². The van der Waals surface area contributed by atoms with E-state index in [0.717, 1.165) is 25.1 Å². The number of nitrogens with zero attached hydrogens (tertiary/aromatic N) is 1. The Hall–Kier alpha value is -1.42. The van der Waals surface area contributed by atoms with Crippen molar-refractivity contribution in [2.75, 3.05) is 6.54 Å². The molecule has 92 valence electrons. The number of pyridine rings is 1. The van der Waals surface area contributed by atoms with Crippen molar-refractivity contribution < 1.29 is 4.79 Å². The van der Waals surface area contributed by atoms with Crippen molar-refractivity contribution in [3.8, 4) is 0 Å². The molecule has 2 heterocycles. The topological polar surface area (TPSA) is 54.0 Å². The average Bonchev–Trinajstić information content (AvgIpc) is 2.32. The van der Waals surface area contributed by atoms with Gasteiger partial charge >= 0.3 is 0 Å². The third-order valence-corrected chi connectivity index (χ3v) is 3.33. The van der Waals surface area contributed by atoms with Gasteiger partial charge in [0.05, 0.1) is 5.56 Å². The highest BCUT2D eigenvalue weighted by Gasteiger charge is 2.23. The largest absolute Gasteiger partial charge is 0.348 e. The zero-order valence-corrected chi connectivity index (χ0v) is 10.4. The lowest BCUT2D eigenvalue weighted by Crippen LogP contribution is -2.52. The zero-order valence-electron chi connectivity index (χ0n) is 10.4. The molecule has 1 fully saturated rings. The quantitative estimate of drug-likeness (QED) is 0.808. The van der Waals surface area contributed by atoms with E-state index in [9.17, 15) is 4.79 Å². The standard InChI is InChI=1S/C13H19N3O/c1-9-11(5-3-7-14-9)13(17)16-12-6-4-8-15-10(12)2/h3,5,7,10,12,15H,4,6,8H2,1-2H3,(H,16,17). The lowest BCUT2D eigenvalue weighted by Gasteiger charge is -2.30. The van der Waals surface area contributed by atoms with Crippen LogP contribution in [-0.4, -0.2) is 29.5 Å². The number of hydrogen-bond acceptors (Lipinski definition) is 3. The molecule has 1 amide bonds. The van der Waals surface area contributed by atoms with Crippen molar-refractivity contribution >= 4 is 5.91 Å². The molecule has 2 atom stereocenters. The van der Waals surface area contributed by atoms with Gasteiger partial charge in [0.2, 0.25) is 0 Å². The second-order valence-corrected chi connectivity index (χ2v) is 4.60. The molecule has 4 nitrogen and oxygen atoms in total. The smallest absolute Gasteiger partial charge is 0.253 e. The lowest BCUT2D eigenvalue weighted by molar-refractivity contribution is 0.0919. The van der Waals surface area contributed by atoms with Gasteiger partial charge < -0.3 is 10.6 Å². The fourth-order valence-corrected chi connectivity index (χ4v) is 2.21. The van der Waals surface area contributed by atoms with Crippen LogP contribution in [0.2, 0.25) is 0 Å². The van der Waals surface area contributed by atoms with E-state index in [0.29, 0.717) is 11.6 Å². The minimum Gasteiger partial charge on any atom is -0.348 e. The molecule has 0 saturated carbocycles. The van der Waals surface area contributed by atoms with Crippen molar-refractivity contribution in [1.82, 2.24) is 15.6 Å². The Labute approximate surface area is 102 Å². The number of hydrogen-bond donors (Lipinski definition) is 2. The van der Waals surface area contributed by atoms with Crippen molar-refractivity contribution in [3.63, 3.8) is 0 Å². The molecule has 1 saturated heterocycles. The first-order valence-corrected chi connectivity index (χ1v) is 6.14. The van der Waals surface area contributed by atoms with Crippen LogP contribution in [0.15, 0.2) is 18.3 Å². The Morgan fingerprint density at radius 3 is 3.12 bits per heavy atom. The van der Waals surface area contributed by atoms with E-state index in [2.05, 4.69) is 22.5 Å². The maximum Gasteiger partial charge on any atom is 0.253 e. The lowest BCUT2D eigenvalue weighted by atomic mass is 9.99.